The molecule has 0 bridgehead atoms. The smallest absolute Gasteiger partial charge is 0.362 e. The predicted molar refractivity (Wildman–Crippen MR) is 97.0 cm³/mol. The van der Waals surface area contributed by atoms with Crippen molar-refractivity contribution in [3.8, 4) is 0 Å². The van der Waals surface area contributed by atoms with E-state index in [-0.39, 0.29) is 0 Å². The number of benzene rings is 1. The van der Waals surface area contributed by atoms with Crippen molar-refractivity contribution in [2.24, 2.45) is 0 Å². The fourth-order valence-corrected chi connectivity index (χ4v) is 2.55. The highest BCUT2D eigenvalue weighted by molar-refractivity contribution is 7.80. The number of nitrogens with zero attached hydrogens (tertiary/aromatic N) is 2. The third-order valence-corrected chi connectivity index (χ3v) is 4.19. The molecule has 0 radical (unpaired) electrons. The number of thiocarbonyl (C=S) groups is 1. The first-order valence-electron chi connectivity index (χ1n) is 7.59. The molecule has 0 spiro atoms. The second kappa shape index (κ2) is 8.05. The van der Waals surface area contributed by atoms with Gasteiger partial charge in [-0.1, -0.05) is 17.7 Å². The van der Waals surface area contributed by atoms with Gasteiger partial charge in [-0.05, 0) is 56.2 Å². The molecule has 0 aliphatic heterocycles. The van der Waals surface area contributed by atoms with Gasteiger partial charge in [0.2, 0.25) is 0 Å². The van der Waals surface area contributed by atoms with Gasteiger partial charge >= 0.3 is 6.18 Å². The summed E-state index contributed by atoms with van der Waals surface area (Å²) in [6.45, 7) is 4.38. The second-order valence-electron chi connectivity index (χ2n) is 5.59. The average molecular weight is 391 g/mol. The number of anilines is 1. The summed E-state index contributed by atoms with van der Waals surface area (Å²) in [6, 6.07) is 6.56. The van der Waals surface area contributed by atoms with Crippen LogP contribution in [-0.2, 0) is 12.7 Å². The number of nitrogens with one attached hydrogen (secondary N) is 2. The van der Waals surface area contributed by atoms with Crippen molar-refractivity contribution in [2.45, 2.75) is 33.0 Å². The predicted octanol–water partition coefficient (Wildman–Crippen LogP) is 4.55. The standard InChI is InChI=1S/C16H18ClF3N4S/c1-10-4-5-12(9-13(10)17)22-15(25)21-6-3-7-24-11(2)8-14(23-24)16(18,19)20/h4-5,8-9H,3,6-7H2,1-2H3,(H2,21,22,25). The first-order valence-corrected chi connectivity index (χ1v) is 8.38. The van der Waals surface area contributed by atoms with Crippen LogP contribution in [0, 0.1) is 13.8 Å². The molecular weight excluding hydrogens is 373 g/mol. The third kappa shape index (κ3) is 5.61. The SMILES string of the molecule is Cc1ccc(NC(=S)NCCCn2nc(C(F)(F)F)cc2C)cc1Cl. The molecule has 0 amide bonds. The molecule has 136 valence electrons. The number of aromatic nitrogens is 2. The minimum absolute atomic E-state index is 0.369. The molecule has 0 atom stereocenters. The van der Waals surface area contributed by atoms with E-state index in [0.29, 0.717) is 35.3 Å². The minimum atomic E-state index is -4.42. The van der Waals surface area contributed by atoms with Crippen LogP contribution in [0.25, 0.3) is 0 Å². The second-order valence-corrected chi connectivity index (χ2v) is 6.41. The van der Waals surface area contributed by atoms with Crippen LogP contribution >= 0.6 is 23.8 Å². The van der Waals surface area contributed by atoms with Crippen molar-refractivity contribution in [1.82, 2.24) is 15.1 Å². The Balaban J connectivity index is 1.78. The molecule has 25 heavy (non-hydrogen) atoms. The number of aryl methyl sites for hydroxylation is 3. The fourth-order valence-electron chi connectivity index (χ4n) is 2.15. The van der Waals surface area contributed by atoms with Crippen LogP contribution in [0.3, 0.4) is 0 Å². The number of rotatable bonds is 5. The Morgan fingerprint density at radius 2 is 2.00 bits per heavy atom. The minimum Gasteiger partial charge on any atom is -0.362 e. The zero-order valence-electron chi connectivity index (χ0n) is 13.7. The van der Waals surface area contributed by atoms with Gasteiger partial charge in [0.15, 0.2) is 10.8 Å². The van der Waals surface area contributed by atoms with E-state index in [2.05, 4.69) is 15.7 Å². The lowest BCUT2D eigenvalue weighted by atomic mass is 10.2. The topological polar surface area (TPSA) is 41.9 Å². The monoisotopic (exact) mass is 390 g/mol. The van der Waals surface area contributed by atoms with E-state index in [1.807, 2.05) is 19.1 Å². The molecule has 0 saturated heterocycles. The van der Waals surface area contributed by atoms with Gasteiger partial charge in [-0.15, -0.1) is 0 Å². The van der Waals surface area contributed by atoms with Crippen molar-refractivity contribution in [1.29, 1.82) is 0 Å². The van der Waals surface area contributed by atoms with Gasteiger partial charge < -0.3 is 10.6 Å². The average Bonchev–Trinajstić information content (AvgIpc) is 2.89. The quantitative estimate of drug-likeness (QED) is 0.580. The summed E-state index contributed by atoms with van der Waals surface area (Å²) < 4.78 is 39.2. The number of hydrogen-bond acceptors (Lipinski definition) is 2. The van der Waals surface area contributed by atoms with Crippen LogP contribution in [0.4, 0.5) is 18.9 Å². The molecule has 2 N–H and O–H groups in total. The van der Waals surface area contributed by atoms with E-state index in [1.165, 1.54) is 4.68 Å². The molecule has 1 aromatic carbocycles. The van der Waals surface area contributed by atoms with Crippen LogP contribution in [0.2, 0.25) is 5.02 Å². The van der Waals surface area contributed by atoms with Crippen molar-refractivity contribution >= 4 is 34.6 Å². The third-order valence-electron chi connectivity index (χ3n) is 3.53. The molecule has 9 heteroatoms. The Labute approximate surface area is 154 Å². The molecule has 2 aromatic rings. The zero-order chi connectivity index (χ0) is 18.6. The summed E-state index contributed by atoms with van der Waals surface area (Å²) in [7, 11) is 0. The maximum Gasteiger partial charge on any atom is 0.435 e. The number of hydrogen-bond donors (Lipinski definition) is 2. The molecule has 0 aliphatic carbocycles. The Morgan fingerprint density at radius 3 is 2.60 bits per heavy atom. The van der Waals surface area contributed by atoms with Gasteiger partial charge in [-0.25, -0.2) is 0 Å². The molecule has 0 fully saturated rings. The van der Waals surface area contributed by atoms with Gasteiger partial charge in [0, 0.05) is 29.5 Å². The van der Waals surface area contributed by atoms with Crippen LogP contribution in [-0.4, -0.2) is 21.4 Å². The maximum atomic E-state index is 12.6. The van der Waals surface area contributed by atoms with E-state index in [4.69, 9.17) is 23.8 Å². The van der Waals surface area contributed by atoms with E-state index in [0.717, 1.165) is 17.3 Å². The number of halogens is 4. The summed E-state index contributed by atoms with van der Waals surface area (Å²) in [6.07, 6.45) is -3.84. The Kier molecular flexibility index (Phi) is 6.29. The van der Waals surface area contributed by atoms with Gasteiger partial charge in [-0.2, -0.15) is 18.3 Å². The van der Waals surface area contributed by atoms with Crippen LogP contribution < -0.4 is 10.6 Å². The maximum absolute atomic E-state index is 12.6. The molecule has 0 unspecified atom stereocenters. The molecular formula is C16H18ClF3N4S. The molecule has 1 heterocycles. The largest absolute Gasteiger partial charge is 0.435 e. The Bertz CT molecular complexity index is 758. The Morgan fingerprint density at radius 1 is 1.28 bits per heavy atom. The molecule has 2 rings (SSSR count). The van der Waals surface area contributed by atoms with Crippen molar-refractivity contribution in [3.05, 3.63) is 46.2 Å². The van der Waals surface area contributed by atoms with Crippen LogP contribution in [0.5, 0.6) is 0 Å². The highest BCUT2D eigenvalue weighted by Crippen LogP contribution is 2.28. The van der Waals surface area contributed by atoms with E-state index in [1.54, 1.807) is 13.0 Å². The van der Waals surface area contributed by atoms with Crippen LogP contribution in [0.15, 0.2) is 24.3 Å². The van der Waals surface area contributed by atoms with E-state index >= 15 is 0 Å². The first kappa shape index (κ1) is 19.5. The summed E-state index contributed by atoms with van der Waals surface area (Å²) in [5.74, 6) is 0. The lowest BCUT2D eigenvalue weighted by Gasteiger charge is -2.11. The molecule has 1 aromatic heterocycles. The van der Waals surface area contributed by atoms with Crippen LogP contribution in [0.1, 0.15) is 23.4 Å². The molecule has 4 nitrogen and oxygen atoms in total. The number of alkyl halides is 3. The van der Waals surface area contributed by atoms with Gasteiger partial charge in [0.1, 0.15) is 0 Å². The van der Waals surface area contributed by atoms with E-state index in [9.17, 15) is 13.2 Å². The summed E-state index contributed by atoms with van der Waals surface area (Å²) in [4.78, 5) is 0. The Hall–Kier alpha value is -1.80. The summed E-state index contributed by atoms with van der Waals surface area (Å²) in [5, 5.41) is 10.7. The molecule has 0 aliphatic rings. The zero-order valence-corrected chi connectivity index (χ0v) is 15.3. The van der Waals surface area contributed by atoms with Crippen molar-refractivity contribution < 1.29 is 13.2 Å². The van der Waals surface area contributed by atoms with Crippen molar-refractivity contribution in [2.75, 3.05) is 11.9 Å². The lowest BCUT2D eigenvalue weighted by molar-refractivity contribution is -0.141. The normalized spacial score (nSPS) is 11.4. The van der Waals surface area contributed by atoms with Gasteiger partial charge in [0.05, 0.1) is 0 Å². The summed E-state index contributed by atoms with van der Waals surface area (Å²) >= 11 is 11.2. The first-order chi connectivity index (χ1) is 11.7. The lowest BCUT2D eigenvalue weighted by Crippen LogP contribution is -2.29. The summed E-state index contributed by atoms with van der Waals surface area (Å²) in [5.41, 5.74) is 1.35. The van der Waals surface area contributed by atoms with Crippen molar-refractivity contribution in [3.63, 3.8) is 0 Å². The van der Waals surface area contributed by atoms with E-state index < -0.39 is 11.9 Å². The van der Waals surface area contributed by atoms with Gasteiger partial charge in [-0.3, -0.25) is 4.68 Å². The molecule has 0 saturated carbocycles. The van der Waals surface area contributed by atoms with Gasteiger partial charge in [0.25, 0.3) is 0 Å². The highest BCUT2D eigenvalue weighted by atomic mass is 35.5. The highest BCUT2D eigenvalue weighted by Gasteiger charge is 2.34. The fraction of sp³-hybridized carbons (Fsp3) is 0.375.